The molecule has 2 N–H and O–H groups in total. The van der Waals surface area contributed by atoms with Crippen molar-refractivity contribution in [1.29, 1.82) is 0 Å². The number of phenols is 2. The van der Waals surface area contributed by atoms with E-state index < -0.39 is 0 Å². The van der Waals surface area contributed by atoms with Crippen LogP contribution in [0.1, 0.15) is 11.1 Å². The third kappa shape index (κ3) is 7.47. The molecule has 4 aromatic rings. The Morgan fingerprint density at radius 3 is 1.35 bits per heavy atom. The summed E-state index contributed by atoms with van der Waals surface area (Å²) in [6.45, 7) is 0.775. The van der Waals surface area contributed by atoms with Crippen LogP contribution >= 0.6 is 45.2 Å². The van der Waals surface area contributed by atoms with Crippen molar-refractivity contribution in [3.63, 3.8) is 0 Å². The van der Waals surface area contributed by atoms with Crippen molar-refractivity contribution in [2.24, 2.45) is 0 Å². The predicted octanol–water partition coefficient (Wildman–Crippen LogP) is 3.61. The lowest BCUT2D eigenvalue weighted by molar-refractivity contribution is -0.597. The van der Waals surface area contributed by atoms with Gasteiger partial charge in [-0.25, -0.2) is 0 Å². The largest absolute Gasteiger partial charge is 0.504 e. The van der Waals surface area contributed by atoms with Crippen LogP contribution in [0, 0.1) is 14.3 Å². The molecule has 0 radical (unpaired) electrons. The van der Waals surface area contributed by atoms with Crippen LogP contribution in [0.3, 0.4) is 0 Å². The quantitative estimate of drug-likeness (QED) is 0.238. The molecule has 0 aliphatic carbocycles. The fraction of sp³-hybridized carbons (Fsp3) is 0.143. The van der Waals surface area contributed by atoms with Crippen LogP contribution in [0.25, 0.3) is 0 Å². The summed E-state index contributed by atoms with van der Waals surface area (Å²) in [5.74, 6) is 2.76. The van der Waals surface area contributed by atoms with Gasteiger partial charge in [0.25, 0.3) is 0 Å². The predicted molar refractivity (Wildman–Crippen MR) is 154 cm³/mol. The Kier molecular flexibility index (Phi) is 9.87. The zero-order valence-corrected chi connectivity index (χ0v) is 26.5. The number of ether oxygens (including phenoxy) is 4. The molecule has 37 heavy (non-hydrogen) atoms. The molecule has 0 atom stereocenters. The number of hydrogen-bond donors (Lipinski definition) is 2. The number of phenolic OH excluding ortho intramolecular Hbond substituents is 2. The summed E-state index contributed by atoms with van der Waals surface area (Å²) in [6.07, 6.45) is 0. The normalized spacial score (nSPS) is 10.7. The van der Waals surface area contributed by atoms with E-state index in [1.807, 2.05) is 36.4 Å². The van der Waals surface area contributed by atoms with Gasteiger partial charge in [0, 0.05) is 0 Å². The van der Waals surface area contributed by atoms with Gasteiger partial charge in [0.15, 0.2) is 30.1 Å². The molecule has 6 nitrogen and oxygen atoms in total. The van der Waals surface area contributed by atoms with Crippen LogP contribution in [-0.4, -0.2) is 24.4 Å². The van der Waals surface area contributed by atoms with E-state index in [0.717, 1.165) is 29.8 Å². The van der Waals surface area contributed by atoms with Crippen molar-refractivity contribution in [3.05, 3.63) is 98.2 Å². The first-order valence-corrected chi connectivity index (χ1v) is 15.4. The Balaban J connectivity index is 1.30. The monoisotopic (exact) mass is 837 g/mol. The van der Waals surface area contributed by atoms with E-state index in [-0.39, 0.29) is 32.7 Å². The molecular weight excluding hydrogens is 813 g/mol. The van der Waals surface area contributed by atoms with E-state index >= 15 is 0 Å². The number of rotatable bonds is 10. The Hall–Kier alpha value is -2.13. The highest BCUT2D eigenvalue weighted by Crippen LogP contribution is 2.33. The van der Waals surface area contributed by atoms with Crippen molar-refractivity contribution in [1.82, 2.24) is 0 Å². The first-order valence-electron chi connectivity index (χ1n) is 11.1. The van der Waals surface area contributed by atoms with E-state index in [1.54, 1.807) is 12.1 Å². The van der Waals surface area contributed by atoms with Gasteiger partial charge in [-0.3, -0.25) is 0 Å². The molecule has 4 rings (SSSR count). The number of aromatic hydroxyl groups is 2. The second-order valence-corrected chi connectivity index (χ2v) is 13.2. The van der Waals surface area contributed by atoms with Crippen molar-refractivity contribution in [2.75, 3.05) is 14.2 Å². The minimum atomic E-state index is -0.337. The van der Waals surface area contributed by atoms with Gasteiger partial charge in [-0.05, 0) is 129 Å². The maximum absolute atomic E-state index is 9.99. The highest BCUT2D eigenvalue weighted by Gasteiger charge is 2.16. The Morgan fingerprint density at radius 1 is 0.622 bits per heavy atom. The summed E-state index contributed by atoms with van der Waals surface area (Å²) >= 11 is 3.82. The van der Waals surface area contributed by atoms with Gasteiger partial charge >= 0.3 is 21.2 Å². The molecule has 0 unspecified atom stereocenters. The van der Waals surface area contributed by atoms with Crippen molar-refractivity contribution in [3.8, 4) is 34.5 Å². The van der Waals surface area contributed by atoms with E-state index in [2.05, 4.69) is 69.4 Å². The van der Waals surface area contributed by atoms with Gasteiger partial charge in [0.2, 0.25) is 0 Å². The van der Waals surface area contributed by atoms with Crippen molar-refractivity contribution in [2.45, 2.75) is 13.2 Å². The highest BCUT2D eigenvalue weighted by atomic mass is 127. The van der Waals surface area contributed by atoms with Crippen LogP contribution in [0.15, 0.2) is 72.8 Å². The molecule has 192 valence electrons. The van der Waals surface area contributed by atoms with Gasteiger partial charge in [-0.15, -0.1) is 0 Å². The Labute approximate surface area is 253 Å². The summed E-state index contributed by atoms with van der Waals surface area (Å²) in [5, 5.41) is 20.0. The highest BCUT2D eigenvalue weighted by molar-refractivity contribution is 14.1. The summed E-state index contributed by atoms with van der Waals surface area (Å²) in [5.41, 5.74) is 1.86. The van der Waals surface area contributed by atoms with Gasteiger partial charge in [0.05, 0.1) is 21.4 Å². The third-order valence-corrected chi connectivity index (χ3v) is 9.60. The number of halogens is 3. The number of hydrogen-bond acceptors (Lipinski definition) is 6. The summed E-state index contributed by atoms with van der Waals surface area (Å²) < 4.78 is 26.3. The minimum Gasteiger partial charge on any atom is -0.504 e. The molecule has 0 amide bonds. The lowest BCUT2D eigenvalue weighted by atomic mass is 10.2. The molecule has 0 aromatic heterocycles. The topological polar surface area (TPSA) is 77.4 Å². The molecule has 0 aliphatic rings. The molecule has 9 heteroatoms. The second kappa shape index (κ2) is 13.1. The average molecular weight is 837 g/mol. The number of methoxy groups -OCH3 is 2. The van der Waals surface area contributed by atoms with Crippen molar-refractivity contribution >= 4 is 45.2 Å². The Bertz CT molecular complexity index is 1250. The van der Waals surface area contributed by atoms with Crippen molar-refractivity contribution < 1.29 is 50.4 Å². The molecule has 0 saturated carbocycles. The number of benzene rings is 4. The van der Waals surface area contributed by atoms with Crippen LogP contribution in [0.2, 0.25) is 0 Å². The van der Waals surface area contributed by atoms with Crippen LogP contribution in [0.4, 0.5) is 0 Å². The van der Waals surface area contributed by atoms with Gasteiger partial charge in [-0.2, -0.15) is 0 Å². The van der Waals surface area contributed by atoms with Gasteiger partial charge in [0.1, 0.15) is 24.7 Å². The Morgan fingerprint density at radius 2 is 1.00 bits per heavy atom. The summed E-state index contributed by atoms with van der Waals surface area (Å²) in [4.78, 5) is 0. The smallest absolute Gasteiger partial charge is 0.357 e. The lowest BCUT2D eigenvalue weighted by Gasteiger charge is -2.10. The van der Waals surface area contributed by atoms with Crippen LogP contribution < -0.4 is 40.2 Å². The molecule has 0 spiro atoms. The second-order valence-electron chi connectivity index (χ2n) is 7.84. The molecular formula is C28H24I3O6+. The van der Waals surface area contributed by atoms with E-state index in [4.69, 9.17) is 18.9 Å². The first-order chi connectivity index (χ1) is 17.9. The summed E-state index contributed by atoms with van der Waals surface area (Å²) in [6, 6.07) is 23.7. The van der Waals surface area contributed by atoms with E-state index in [1.165, 1.54) is 21.4 Å². The average Bonchev–Trinajstić information content (AvgIpc) is 2.91. The molecule has 0 aliphatic heterocycles. The SMILES string of the molecule is COc1cc(COc2ccc([I+]c3ccc(OCc4cc(I)c(O)c(OC)c4)cc3)cc2)cc(I)c1O. The molecule has 0 heterocycles. The lowest BCUT2D eigenvalue weighted by Crippen LogP contribution is -3.61. The zero-order valence-electron chi connectivity index (χ0n) is 20.0. The van der Waals surface area contributed by atoms with E-state index in [0.29, 0.717) is 24.7 Å². The summed E-state index contributed by atoms with van der Waals surface area (Å²) in [7, 11) is 3.07. The van der Waals surface area contributed by atoms with Crippen LogP contribution in [0.5, 0.6) is 34.5 Å². The molecule has 4 aromatic carbocycles. The molecule has 0 saturated heterocycles. The van der Waals surface area contributed by atoms with E-state index in [9.17, 15) is 10.2 Å². The van der Waals surface area contributed by atoms with Gasteiger partial charge in [-0.1, -0.05) is 0 Å². The fourth-order valence-corrected chi connectivity index (χ4v) is 6.87. The standard InChI is InChI=1S/C28H23I3O6/c1-34-25-13-17(11-23(29)27(25)32)15-36-21-7-3-19(4-8-21)31-20-5-9-22(10-6-20)37-16-18-12-24(30)28(33)26(14-18)35-2/h3-14H,15-16H2,1-2H3,(H-,32,33)/p+1. The molecule has 0 bridgehead atoms. The van der Waals surface area contributed by atoms with Crippen LogP contribution in [-0.2, 0) is 13.2 Å². The third-order valence-electron chi connectivity index (χ3n) is 5.27. The maximum atomic E-state index is 9.99. The zero-order chi connectivity index (χ0) is 26.4. The maximum Gasteiger partial charge on any atom is 0.357 e. The fourth-order valence-electron chi connectivity index (χ4n) is 3.38. The van der Waals surface area contributed by atoms with Gasteiger partial charge < -0.3 is 29.2 Å². The first kappa shape index (κ1) is 27.9. The minimum absolute atomic E-state index is 0.146. The molecule has 0 fully saturated rings.